The Morgan fingerprint density at radius 1 is 1.03 bits per heavy atom. The molecule has 3 aromatic rings. The lowest BCUT2D eigenvalue weighted by Gasteiger charge is -2.43. The van der Waals surface area contributed by atoms with E-state index in [0.717, 1.165) is 54.6 Å². The molecule has 188 valence electrons. The van der Waals surface area contributed by atoms with Crippen LogP contribution >= 0.6 is 0 Å². The molecule has 2 amide bonds. The molecule has 1 saturated carbocycles. The van der Waals surface area contributed by atoms with Gasteiger partial charge >= 0.3 is 0 Å². The summed E-state index contributed by atoms with van der Waals surface area (Å²) in [6.07, 6.45) is 7.65. The molecule has 0 saturated heterocycles. The second-order valence-electron chi connectivity index (χ2n) is 10.5. The highest BCUT2D eigenvalue weighted by Crippen LogP contribution is 2.35. The first-order valence-corrected chi connectivity index (χ1v) is 13.3. The molecule has 5 rings (SSSR count). The van der Waals surface area contributed by atoms with Crippen molar-refractivity contribution in [2.75, 3.05) is 4.90 Å². The molecule has 6 nitrogen and oxygen atoms in total. The molecule has 2 heterocycles. The summed E-state index contributed by atoms with van der Waals surface area (Å²) >= 11 is 0. The third kappa shape index (κ3) is 4.57. The highest BCUT2D eigenvalue weighted by Gasteiger charge is 2.49. The van der Waals surface area contributed by atoms with Gasteiger partial charge in [-0.15, -0.1) is 0 Å². The minimum Gasteiger partial charge on any atom is -0.351 e. The molecule has 1 N–H and O–H groups in total. The molecule has 1 atom stereocenters. The second-order valence-corrected chi connectivity index (χ2v) is 10.5. The van der Waals surface area contributed by atoms with Crippen molar-refractivity contribution in [2.45, 2.75) is 83.8 Å². The summed E-state index contributed by atoms with van der Waals surface area (Å²) in [5.74, 6) is -0.314. The molecule has 1 aliphatic heterocycles. The summed E-state index contributed by atoms with van der Waals surface area (Å²) in [4.78, 5) is 29.6. The van der Waals surface area contributed by atoms with Gasteiger partial charge in [0.2, 0.25) is 5.91 Å². The number of amides is 2. The van der Waals surface area contributed by atoms with Gasteiger partial charge < -0.3 is 5.32 Å². The van der Waals surface area contributed by atoms with Crippen LogP contribution in [0.25, 0.3) is 11.3 Å². The van der Waals surface area contributed by atoms with Gasteiger partial charge in [-0.3, -0.25) is 19.2 Å². The predicted molar refractivity (Wildman–Crippen MR) is 143 cm³/mol. The molecule has 2 aromatic carbocycles. The van der Waals surface area contributed by atoms with Gasteiger partial charge in [-0.1, -0.05) is 74.6 Å². The van der Waals surface area contributed by atoms with Crippen molar-refractivity contribution in [1.29, 1.82) is 0 Å². The van der Waals surface area contributed by atoms with E-state index in [-0.39, 0.29) is 17.9 Å². The van der Waals surface area contributed by atoms with Crippen molar-refractivity contribution in [2.24, 2.45) is 0 Å². The number of hydrogen-bond donors (Lipinski definition) is 1. The van der Waals surface area contributed by atoms with E-state index in [1.807, 2.05) is 56.3 Å². The number of nitrogens with zero attached hydrogens (tertiary/aromatic N) is 3. The Morgan fingerprint density at radius 3 is 2.33 bits per heavy atom. The highest BCUT2D eigenvalue weighted by atomic mass is 16.2. The lowest BCUT2D eigenvalue weighted by molar-refractivity contribution is -0.127. The average molecular weight is 485 g/mol. The van der Waals surface area contributed by atoms with Gasteiger partial charge in [0.15, 0.2) is 0 Å². The molecule has 6 heteroatoms. The van der Waals surface area contributed by atoms with Gasteiger partial charge in [-0.25, -0.2) is 0 Å². The number of benzene rings is 2. The van der Waals surface area contributed by atoms with Crippen LogP contribution in [0.5, 0.6) is 0 Å². The number of fused-ring (bicyclic) bond motifs is 1. The Bertz CT molecular complexity index is 1240. The molecule has 0 unspecified atom stereocenters. The first-order chi connectivity index (χ1) is 17.4. The molecule has 2 aliphatic rings. The maximum atomic E-state index is 14.0. The fourth-order valence-electron chi connectivity index (χ4n) is 5.50. The fraction of sp³-hybridized carbons (Fsp3) is 0.433. The summed E-state index contributed by atoms with van der Waals surface area (Å²) in [5.41, 5.74) is 4.21. The van der Waals surface area contributed by atoms with E-state index in [9.17, 15) is 9.59 Å². The Balaban J connectivity index is 1.53. The molecular weight excluding hydrogens is 448 g/mol. The molecular formula is C30H36N4O2. The van der Waals surface area contributed by atoms with Crippen LogP contribution in [0, 0.1) is 6.92 Å². The molecule has 1 fully saturated rings. The minimum atomic E-state index is -1.10. The first-order valence-electron chi connectivity index (χ1n) is 13.3. The molecule has 0 radical (unpaired) electrons. The molecule has 1 aromatic heterocycles. The molecule has 1 aliphatic carbocycles. The first kappa shape index (κ1) is 24.3. The van der Waals surface area contributed by atoms with Crippen molar-refractivity contribution in [3.05, 3.63) is 71.4 Å². The van der Waals surface area contributed by atoms with E-state index < -0.39 is 5.54 Å². The third-order valence-electron chi connectivity index (χ3n) is 7.78. The van der Waals surface area contributed by atoms with Gasteiger partial charge in [-0.2, -0.15) is 5.10 Å². The summed E-state index contributed by atoms with van der Waals surface area (Å²) in [7, 11) is 0. The van der Waals surface area contributed by atoms with Crippen LogP contribution in [0.1, 0.15) is 74.0 Å². The Morgan fingerprint density at radius 2 is 1.69 bits per heavy atom. The zero-order valence-corrected chi connectivity index (χ0v) is 21.6. The largest absolute Gasteiger partial charge is 0.351 e. The third-order valence-corrected chi connectivity index (χ3v) is 7.78. The van der Waals surface area contributed by atoms with E-state index in [4.69, 9.17) is 5.10 Å². The van der Waals surface area contributed by atoms with E-state index in [1.165, 1.54) is 18.4 Å². The number of rotatable bonds is 5. The van der Waals surface area contributed by atoms with Crippen LogP contribution in [-0.2, 0) is 17.8 Å². The fourth-order valence-corrected chi connectivity index (χ4v) is 5.50. The normalized spacial score (nSPS) is 20.6. The van der Waals surface area contributed by atoms with E-state index in [1.54, 1.807) is 9.58 Å². The number of carbonyl (C=O) groups is 2. The van der Waals surface area contributed by atoms with Gasteiger partial charge in [0.25, 0.3) is 5.91 Å². The van der Waals surface area contributed by atoms with Crippen molar-refractivity contribution in [3.8, 4) is 11.3 Å². The smallest absolute Gasteiger partial charge is 0.277 e. The topological polar surface area (TPSA) is 67.2 Å². The maximum Gasteiger partial charge on any atom is 0.277 e. The monoisotopic (exact) mass is 484 g/mol. The highest BCUT2D eigenvalue weighted by molar-refractivity contribution is 6.12. The summed E-state index contributed by atoms with van der Waals surface area (Å²) < 4.78 is 1.72. The Hall–Kier alpha value is -3.41. The SMILES string of the molecule is CCc1ccc(-c2cc3n(n2)C[C@@](C)(C(=O)NC2CCCCCC2)N(c2ccc(C)cc2)C3=O)cc1. The number of aromatic nitrogens is 2. The van der Waals surface area contributed by atoms with Crippen molar-refractivity contribution in [3.63, 3.8) is 0 Å². The van der Waals surface area contributed by atoms with Crippen LogP contribution < -0.4 is 10.2 Å². The predicted octanol–water partition coefficient (Wildman–Crippen LogP) is 5.68. The number of nitrogens with one attached hydrogen (secondary N) is 1. The average Bonchev–Trinajstić information content (AvgIpc) is 3.13. The van der Waals surface area contributed by atoms with E-state index in [2.05, 4.69) is 24.4 Å². The van der Waals surface area contributed by atoms with E-state index in [0.29, 0.717) is 12.2 Å². The van der Waals surface area contributed by atoms with Crippen LogP contribution in [0.4, 0.5) is 5.69 Å². The number of hydrogen-bond acceptors (Lipinski definition) is 3. The molecule has 0 bridgehead atoms. The zero-order valence-electron chi connectivity index (χ0n) is 21.6. The minimum absolute atomic E-state index is 0.113. The van der Waals surface area contributed by atoms with Gasteiger partial charge in [0.05, 0.1) is 12.2 Å². The maximum absolute atomic E-state index is 14.0. The van der Waals surface area contributed by atoms with Crippen LogP contribution in [-0.4, -0.2) is 33.2 Å². The number of anilines is 1. The Labute approximate surface area is 213 Å². The molecule has 0 spiro atoms. The Kier molecular flexibility index (Phi) is 6.69. The van der Waals surface area contributed by atoms with Crippen molar-refractivity contribution < 1.29 is 9.59 Å². The summed E-state index contributed by atoms with van der Waals surface area (Å²) in [5, 5.41) is 8.11. The van der Waals surface area contributed by atoms with Gasteiger partial charge in [0, 0.05) is 17.3 Å². The van der Waals surface area contributed by atoms with Crippen molar-refractivity contribution in [1.82, 2.24) is 15.1 Å². The lowest BCUT2D eigenvalue weighted by atomic mass is 9.93. The molecule has 36 heavy (non-hydrogen) atoms. The summed E-state index contributed by atoms with van der Waals surface area (Å²) in [6.45, 7) is 6.32. The zero-order chi connectivity index (χ0) is 25.3. The van der Waals surface area contributed by atoms with Crippen LogP contribution in [0.3, 0.4) is 0 Å². The second kappa shape index (κ2) is 9.92. The van der Waals surface area contributed by atoms with Crippen LogP contribution in [0.2, 0.25) is 0 Å². The van der Waals surface area contributed by atoms with E-state index >= 15 is 0 Å². The van der Waals surface area contributed by atoms with Gasteiger partial charge in [-0.05, 0) is 56.9 Å². The van der Waals surface area contributed by atoms with Gasteiger partial charge in [0.1, 0.15) is 11.2 Å². The number of carbonyl (C=O) groups excluding carboxylic acids is 2. The van der Waals surface area contributed by atoms with Crippen LogP contribution in [0.15, 0.2) is 54.6 Å². The quantitative estimate of drug-likeness (QED) is 0.474. The van der Waals surface area contributed by atoms with Crippen molar-refractivity contribution >= 4 is 17.5 Å². The lowest BCUT2D eigenvalue weighted by Crippen LogP contribution is -2.65. The number of aryl methyl sites for hydroxylation is 2. The standard InChI is InChI=1S/C30H36N4O2/c1-4-22-13-15-23(16-14-22)26-19-27-28(35)34(25-17-11-21(2)12-18-25)30(3,20-33(27)32-26)29(36)31-24-9-7-5-6-8-10-24/h11-19,24H,4-10,20H2,1-3H3,(H,31,36)/t30-/m0/s1. The summed E-state index contributed by atoms with van der Waals surface area (Å²) in [6, 6.07) is 18.1.